The van der Waals surface area contributed by atoms with Crippen LogP contribution in [0, 0.1) is 11.3 Å². The van der Waals surface area contributed by atoms with Gasteiger partial charge in [0.2, 0.25) is 10.0 Å². The van der Waals surface area contributed by atoms with E-state index in [2.05, 4.69) is 5.32 Å². The van der Waals surface area contributed by atoms with Gasteiger partial charge >= 0.3 is 0 Å². The van der Waals surface area contributed by atoms with Crippen LogP contribution in [-0.2, 0) is 14.8 Å². The van der Waals surface area contributed by atoms with E-state index in [1.165, 1.54) is 28.6 Å². The van der Waals surface area contributed by atoms with Crippen LogP contribution in [0.4, 0.5) is 5.69 Å². The second-order valence-corrected chi connectivity index (χ2v) is 7.78. The van der Waals surface area contributed by atoms with Crippen molar-refractivity contribution < 1.29 is 23.1 Å². The van der Waals surface area contributed by atoms with E-state index in [0.717, 1.165) is 6.07 Å². The fourth-order valence-corrected chi connectivity index (χ4v) is 4.05. The lowest BCUT2D eigenvalue weighted by molar-refractivity contribution is 0.0730. The Morgan fingerprint density at radius 2 is 1.81 bits per heavy atom. The molecule has 1 heterocycles. The maximum Gasteiger partial charge on any atom is 0.259 e. The number of benzene rings is 2. The second-order valence-electron chi connectivity index (χ2n) is 5.84. The molecule has 0 aliphatic carbocycles. The van der Waals surface area contributed by atoms with Crippen molar-refractivity contribution in [1.29, 1.82) is 5.26 Å². The first-order chi connectivity index (χ1) is 12.9. The van der Waals surface area contributed by atoms with Gasteiger partial charge in [0.05, 0.1) is 35.3 Å². The molecule has 0 saturated carbocycles. The molecule has 8 nitrogen and oxygen atoms in total. The van der Waals surface area contributed by atoms with E-state index in [9.17, 15) is 18.3 Å². The number of phenolic OH excluding ortho intramolecular Hbond substituents is 1. The van der Waals surface area contributed by atoms with Crippen LogP contribution in [0.1, 0.15) is 15.9 Å². The molecule has 1 fully saturated rings. The standard InChI is InChI=1S/C18H17N3O5S/c19-12-13-1-3-14(4-2-13)20-18(23)16-11-15(5-6-17(16)22)27(24,25)21-7-9-26-10-8-21/h1-6,11,22H,7-10H2,(H,20,23). The summed E-state index contributed by atoms with van der Waals surface area (Å²) >= 11 is 0. The average Bonchev–Trinajstić information content (AvgIpc) is 2.69. The van der Waals surface area contributed by atoms with E-state index in [0.29, 0.717) is 24.5 Å². The summed E-state index contributed by atoms with van der Waals surface area (Å²) in [5.41, 5.74) is 0.697. The van der Waals surface area contributed by atoms with Crippen LogP contribution >= 0.6 is 0 Å². The number of phenols is 1. The SMILES string of the molecule is N#Cc1ccc(NC(=O)c2cc(S(=O)(=O)N3CCOCC3)ccc2O)cc1. The first kappa shape index (κ1) is 18.8. The highest BCUT2D eigenvalue weighted by Crippen LogP contribution is 2.25. The fourth-order valence-electron chi connectivity index (χ4n) is 2.62. The van der Waals surface area contributed by atoms with Crippen LogP contribution in [0.2, 0.25) is 0 Å². The molecule has 0 atom stereocenters. The predicted molar refractivity (Wildman–Crippen MR) is 96.8 cm³/mol. The topological polar surface area (TPSA) is 120 Å². The Kier molecular flexibility index (Phi) is 5.41. The molecule has 2 N–H and O–H groups in total. The van der Waals surface area contributed by atoms with Gasteiger partial charge in [-0.2, -0.15) is 9.57 Å². The monoisotopic (exact) mass is 387 g/mol. The molecule has 0 spiro atoms. The smallest absolute Gasteiger partial charge is 0.259 e. The third-order valence-electron chi connectivity index (χ3n) is 4.09. The highest BCUT2D eigenvalue weighted by molar-refractivity contribution is 7.89. The maximum atomic E-state index is 12.7. The molecule has 2 aromatic rings. The molecule has 1 aliphatic rings. The fraction of sp³-hybridized carbons (Fsp3) is 0.222. The van der Waals surface area contributed by atoms with Gasteiger partial charge in [-0.15, -0.1) is 0 Å². The Morgan fingerprint density at radius 1 is 1.15 bits per heavy atom. The van der Waals surface area contributed by atoms with Crippen LogP contribution in [0.5, 0.6) is 5.75 Å². The first-order valence-corrected chi connectivity index (χ1v) is 9.58. The number of carbonyl (C=O) groups is 1. The van der Waals surface area contributed by atoms with Crippen molar-refractivity contribution in [2.45, 2.75) is 4.90 Å². The largest absolute Gasteiger partial charge is 0.507 e. The Labute approximate surface area is 156 Å². The number of hydrogen-bond donors (Lipinski definition) is 2. The normalized spacial score (nSPS) is 15.1. The summed E-state index contributed by atoms with van der Waals surface area (Å²) in [4.78, 5) is 12.4. The molecule has 3 rings (SSSR count). The van der Waals surface area contributed by atoms with Crippen LogP contribution in [0.3, 0.4) is 0 Å². The quantitative estimate of drug-likeness (QED) is 0.821. The van der Waals surface area contributed by atoms with E-state index in [-0.39, 0.29) is 29.3 Å². The molecule has 0 unspecified atom stereocenters. The van der Waals surface area contributed by atoms with Crippen molar-refractivity contribution in [3.05, 3.63) is 53.6 Å². The summed E-state index contributed by atoms with van der Waals surface area (Å²) < 4.78 is 31.9. The number of ether oxygens (including phenoxy) is 1. The number of nitrogens with zero attached hydrogens (tertiary/aromatic N) is 2. The molecule has 2 aromatic carbocycles. The summed E-state index contributed by atoms with van der Waals surface area (Å²) in [6, 6.07) is 11.7. The highest BCUT2D eigenvalue weighted by atomic mass is 32.2. The lowest BCUT2D eigenvalue weighted by Gasteiger charge is -2.26. The van der Waals surface area contributed by atoms with Gasteiger partial charge in [-0.1, -0.05) is 0 Å². The first-order valence-electron chi connectivity index (χ1n) is 8.14. The molecule has 140 valence electrons. The summed E-state index contributed by atoms with van der Waals surface area (Å²) in [5, 5.41) is 21.4. The molecule has 1 saturated heterocycles. The molecule has 0 aromatic heterocycles. The minimum absolute atomic E-state index is 0.0767. The van der Waals surface area contributed by atoms with Gasteiger partial charge in [0.1, 0.15) is 5.75 Å². The molecular formula is C18H17N3O5S. The second kappa shape index (κ2) is 7.75. The van der Waals surface area contributed by atoms with Crippen LogP contribution in [0.25, 0.3) is 0 Å². The lowest BCUT2D eigenvalue weighted by atomic mass is 10.1. The number of anilines is 1. The predicted octanol–water partition coefficient (Wildman–Crippen LogP) is 1.54. The van der Waals surface area contributed by atoms with Crippen molar-refractivity contribution in [2.75, 3.05) is 31.6 Å². The lowest BCUT2D eigenvalue weighted by Crippen LogP contribution is -2.40. The maximum absolute atomic E-state index is 12.7. The van der Waals surface area contributed by atoms with E-state index in [1.807, 2.05) is 6.07 Å². The van der Waals surface area contributed by atoms with Crippen LogP contribution < -0.4 is 5.32 Å². The Bertz CT molecular complexity index is 991. The number of aromatic hydroxyl groups is 1. The Hall–Kier alpha value is -2.93. The van der Waals surface area contributed by atoms with Crippen molar-refractivity contribution in [1.82, 2.24) is 4.31 Å². The van der Waals surface area contributed by atoms with E-state index < -0.39 is 15.9 Å². The van der Waals surface area contributed by atoms with E-state index in [1.54, 1.807) is 12.1 Å². The molecule has 9 heteroatoms. The van der Waals surface area contributed by atoms with Gasteiger partial charge in [-0.3, -0.25) is 4.79 Å². The molecule has 27 heavy (non-hydrogen) atoms. The number of carbonyl (C=O) groups excluding carboxylic acids is 1. The van der Waals surface area contributed by atoms with Crippen molar-refractivity contribution in [2.24, 2.45) is 0 Å². The van der Waals surface area contributed by atoms with E-state index in [4.69, 9.17) is 10.00 Å². The summed E-state index contributed by atoms with van der Waals surface area (Å²) in [6.45, 7) is 1.08. The zero-order valence-corrected chi connectivity index (χ0v) is 15.1. The Balaban J connectivity index is 1.86. The molecule has 0 radical (unpaired) electrons. The zero-order valence-electron chi connectivity index (χ0n) is 14.3. The van der Waals surface area contributed by atoms with Gasteiger partial charge in [0.15, 0.2) is 0 Å². The number of nitrogens with one attached hydrogen (secondary N) is 1. The number of sulfonamides is 1. The number of nitriles is 1. The van der Waals surface area contributed by atoms with Crippen molar-refractivity contribution in [3.8, 4) is 11.8 Å². The van der Waals surface area contributed by atoms with Gasteiger partial charge in [-0.25, -0.2) is 8.42 Å². The van der Waals surface area contributed by atoms with Crippen LogP contribution in [-0.4, -0.2) is 50.0 Å². The summed E-state index contributed by atoms with van der Waals surface area (Å²) in [6.07, 6.45) is 0. The molecule has 0 bridgehead atoms. The number of rotatable bonds is 4. The third-order valence-corrected chi connectivity index (χ3v) is 5.99. The number of amides is 1. The summed E-state index contributed by atoms with van der Waals surface area (Å²) in [7, 11) is -3.79. The average molecular weight is 387 g/mol. The Morgan fingerprint density at radius 3 is 2.44 bits per heavy atom. The van der Waals surface area contributed by atoms with Crippen molar-refractivity contribution in [3.63, 3.8) is 0 Å². The third kappa shape index (κ3) is 4.09. The number of hydrogen-bond acceptors (Lipinski definition) is 6. The van der Waals surface area contributed by atoms with Gasteiger partial charge in [-0.05, 0) is 42.5 Å². The van der Waals surface area contributed by atoms with Gasteiger partial charge in [0.25, 0.3) is 5.91 Å². The molecule has 1 aliphatic heterocycles. The minimum atomic E-state index is -3.79. The van der Waals surface area contributed by atoms with E-state index >= 15 is 0 Å². The molecule has 1 amide bonds. The molecular weight excluding hydrogens is 370 g/mol. The zero-order chi connectivity index (χ0) is 19.4. The van der Waals surface area contributed by atoms with Gasteiger partial charge in [0, 0.05) is 18.8 Å². The van der Waals surface area contributed by atoms with Crippen molar-refractivity contribution >= 4 is 21.6 Å². The minimum Gasteiger partial charge on any atom is -0.507 e. The highest BCUT2D eigenvalue weighted by Gasteiger charge is 2.27. The van der Waals surface area contributed by atoms with Gasteiger partial charge < -0.3 is 15.2 Å². The summed E-state index contributed by atoms with van der Waals surface area (Å²) in [5.74, 6) is -0.988. The van der Waals surface area contributed by atoms with Crippen LogP contribution in [0.15, 0.2) is 47.4 Å². The number of morpholine rings is 1.